The maximum Gasteiger partial charge on any atom is 0.161 e. The predicted molar refractivity (Wildman–Crippen MR) is 83.0 cm³/mol. The van der Waals surface area contributed by atoms with Crippen LogP contribution in [0.4, 0.5) is 0 Å². The average molecular weight is 297 g/mol. The standard InChI is InChI=1S/C16H27NO4/c1-4-17-10-13-7-8-15(16(9-13)20-6-3)21-12-14(18)11-19-5-2/h7-9,14,17-18H,4-6,10-12H2,1-3H3. The summed E-state index contributed by atoms with van der Waals surface area (Å²) in [5.41, 5.74) is 1.14. The monoisotopic (exact) mass is 297 g/mol. The number of hydrogen-bond donors (Lipinski definition) is 2. The number of ether oxygens (including phenoxy) is 3. The third-order valence-electron chi connectivity index (χ3n) is 2.83. The highest BCUT2D eigenvalue weighted by atomic mass is 16.5. The Morgan fingerprint density at radius 3 is 2.52 bits per heavy atom. The van der Waals surface area contributed by atoms with Crippen LogP contribution in [0.5, 0.6) is 11.5 Å². The number of aliphatic hydroxyl groups excluding tert-OH is 1. The van der Waals surface area contributed by atoms with Crippen molar-refractivity contribution in [2.45, 2.75) is 33.4 Å². The van der Waals surface area contributed by atoms with Gasteiger partial charge in [0.1, 0.15) is 12.7 Å². The maximum atomic E-state index is 9.73. The molecular formula is C16H27NO4. The average Bonchev–Trinajstić information content (AvgIpc) is 2.50. The Morgan fingerprint density at radius 1 is 1.05 bits per heavy atom. The zero-order chi connectivity index (χ0) is 15.5. The number of nitrogens with one attached hydrogen (secondary N) is 1. The molecule has 1 aromatic carbocycles. The zero-order valence-electron chi connectivity index (χ0n) is 13.2. The van der Waals surface area contributed by atoms with E-state index in [-0.39, 0.29) is 13.2 Å². The molecule has 0 aliphatic carbocycles. The van der Waals surface area contributed by atoms with E-state index in [1.54, 1.807) is 0 Å². The molecule has 1 unspecified atom stereocenters. The van der Waals surface area contributed by atoms with E-state index in [1.165, 1.54) is 0 Å². The predicted octanol–water partition coefficient (Wildman–Crippen LogP) is 1.97. The molecule has 0 spiro atoms. The molecule has 0 saturated heterocycles. The molecule has 21 heavy (non-hydrogen) atoms. The summed E-state index contributed by atoms with van der Waals surface area (Å²) >= 11 is 0. The van der Waals surface area contributed by atoms with Crippen LogP contribution in [0.25, 0.3) is 0 Å². The topological polar surface area (TPSA) is 60.0 Å². The van der Waals surface area contributed by atoms with Crippen molar-refractivity contribution in [1.82, 2.24) is 5.32 Å². The summed E-state index contributed by atoms with van der Waals surface area (Å²) in [6.45, 7) is 9.24. The molecule has 0 heterocycles. The molecule has 2 N–H and O–H groups in total. The SMILES string of the molecule is CCNCc1ccc(OCC(O)COCC)c(OCC)c1. The zero-order valence-corrected chi connectivity index (χ0v) is 13.2. The van der Waals surface area contributed by atoms with Crippen LogP contribution >= 0.6 is 0 Å². The normalized spacial score (nSPS) is 12.2. The largest absolute Gasteiger partial charge is 0.490 e. The minimum atomic E-state index is -0.638. The molecule has 0 aliphatic heterocycles. The van der Waals surface area contributed by atoms with Crippen LogP contribution in [0.3, 0.4) is 0 Å². The molecule has 5 nitrogen and oxygen atoms in total. The van der Waals surface area contributed by atoms with Crippen molar-refractivity contribution in [3.8, 4) is 11.5 Å². The molecule has 0 amide bonds. The van der Waals surface area contributed by atoms with Gasteiger partial charge in [0.25, 0.3) is 0 Å². The Kier molecular flexibility index (Phi) is 8.82. The Morgan fingerprint density at radius 2 is 1.86 bits per heavy atom. The summed E-state index contributed by atoms with van der Waals surface area (Å²) in [5.74, 6) is 1.35. The number of hydrogen-bond acceptors (Lipinski definition) is 5. The lowest BCUT2D eigenvalue weighted by atomic mass is 10.2. The Balaban J connectivity index is 2.62. The van der Waals surface area contributed by atoms with Gasteiger partial charge >= 0.3 is 0 Å². The van der Waals surface area contributed by atoms with Crippen LogP contribution in [0.1, 0.15) is 26.3 Å². The third-order valence-corrected chi connectivity index (χ3v) is 2.83. The fourth-order valence-corrected chi connectivity index (χ4v) is 1.81. The van der Waals surface area contributed by atoms with Gasteiger partial charge in [0, 0.05) is 13.2 Å². The first kappa shape index (κ1) is 17.8. The Bertz CT molecular complexity index is 398. The Labute approximate surface area is 127 Å². The summed E-state index contributed by atoms with van der Waals surface area (Å²) in [6.07, 6.45) is -0.638. The van der Waals surface area contributed by atoms with Gasteiger partial charge in [-0.05, 0) is 38.1 Å². The van der Waals surface area contributed by atoms with Gasteiger partial charge < -0.3 is 24.6 Å². The van der Waals surface area contributed by atoms with Crippen molar-refractivity contribution in [2.75, 3.05) is 33.0 Å². The van der Waals surface area contributed by atoms with Crippen molar-refractivity contribution in [1.29, 1.82) is 0 Å². The summed E-state index contributed by atoms with van der Waals surface area (Å²) in [4.78, 5) is 0. The first-order valence-electron chi connectivity index (χ1n) is 7.56. The molecule has 0 saturated carbocycles. The van der Waals surface area contributed by atoms with E-state index >= 15 is 0 Å². The molecule has 0 aromatic heterocycles. The molecule has 1 rings (SSSR count). The second-order valence-corrected chi connectivity index (χ2v) is 4.62. The summed E-state index contributed by atoms with van der Waals surface area (Å²) < 4.78 is 16.4. The second-order valence-electron chi connectivity index (χ2n) is 4.62. The molecule has 0 aliphatic rings. The second kappa shape index (κ2) is 10.4. The van der Waals surface area contributed by atoms with Gasteiger partial charge in [-0.25, -0.2) is 0 Å². The van der Waals surface area contributed by atoms with Crippen LogP contribution in [-0.2, 0) is 11.3 Å². The Hall–Kier alpha value is -1.30. The van der Waals surface area contributed by atoms with Crippen LogP contribution in [0.2, 0.25) is 0 Å². The fourth-order valence-electron chi connectivity index (χ4n) is 1.81. The van der Waals surface area contributed by atoms with Crippen molar-refractivity contribution in [3.63, 3.8) is 0 Å². The molecule has 0 bridgehead atoms. The third kappa shape index (κ3) is 6.80. The lowest BCUT2D eigenvalue weighted by Crippen LogP contribution is -2.23. The summed E-state index contributed by atoms with van der Waals surface area (Å²) in [7, 11) is 0. The highest BCUT2D eigenvalue weighted by molar-refractivity contribution is 5.43. The van der Waals surface area contributed by atoms with Crippen molar-refractivity contribution in [3.05, 3.63) is 23.8 Å². The maximum absolute atomic E-state index is 9.73. The van der Waals surface area contributed by atoms with Gasteiger partial charge in [-0.1, -0.05) is 13.0 Å². The lowest BCUT2D eigenvalue weighted by Gasteiger charge is -2.16. The van der Waals surface area contributed by atoms with E-state index in [9.17, 15) is 5.11 Å². The van der Waals surface area contributed by atoms with Gasteiger partial charge in [0.2, 0.25) is 0 Å². The summed E-state index contributed by atoms with van der Waals surface area (Å²) in [5, 5.41) is 13.0. The van der Waals surface area contributed by atoms with Gasteiger partial charge in [-0.2, -0.15) is 0 Å². The van der Waals surface area contributed by atoms with Gasteiger partial charge in [-0.3, -0.25) is 0 Å². The van der Waals surface area contributed by atoms with Crippen molar-refractivity contribution >= 4 is 0 Å². The van der Waals surface area contributed by atoms with Gasteiger partial charge in [0.15, 0.2) is 11.5 Å². The molecule has 1 atom stereocenters. The molecule has 1 aromatic rings. The number of aliphatic hydroxyl groups is 1. The molecular weight excluding hydrogens is 270 g/mol. The molecule has 0 fully saturated rings. The van der Waals surface area contributed by atoms with Crippen LogP contribution in [0, 0.1) is 0 Å². The van der Waals surface area contributed by atoms with E-state index in [0.29, 0.717) is 24.7 Å². The molecule has 5 heteroatoms. The quantitative estimate of drug-likeness (QED) is 0.654. The fraction of sp³-hybridized carbons (Fsp3) is 0.625. The van der Waals surface area contributed by atoms with E-state index in [4.69, 9.17) is 14.2 Å². The number of rotatable bonds is 11. The molecule has 120 valence electrons. The van der Waals surface area contributed by atoms with Gasteiger partial charge in [0.05, 0.1) is 13.2 Å². The van der Waals surface area contributed by atoms with Crippen LogP contribution < -0.4 is 14.8 Å². The van der Waals surface area contributed by atoms with Crippen molar-refractivity contribution < 1.29 is 19.3 Å². The number of benzene rings is 1. The smallest absolute Gasteiger partial charge is 0.161 e. The molecule has 0 radical (unpaired) electrons. The lowest BCUT2D eigenvalue weighted by molar-refractivity contribution is 0.0158. The van der Waals surface area contributed by atoms with E-state index in [1.807, 2.05) is 32.0 Å². The first-order chi connectivity index (χ1) is 10.2. The van der Waals surface area contributed by atoms with E-state index in [0.717, 1.165) is 18.7 Å². The summed E-state index contributed by atoms with van der Waals surface area (Å²) in [6, 6.07) is 5.84. The van der Waals surface area contributed by atoms with E-state index < -0.39 is 6.10 Å². The van der Waals surface area contributed by atoms with E-state index in [2.05, 4.69) is 12.2 Å². The van der Waals surface area contributed by atoms with Crippen LogP contribution in [0.15, 0.2) is 18.2 Å². The highest BCUT2D eigenvalue weighted by Crippen LogP contribution is 2.28. The first-order valence-corrected chi connectivity index (χ1v) is 7.56. The van der Waals surface area contributed by atoms with Crippen LogP contribution in [-0.4, -0.2) is 44.2 Å². The van der Waals surface area contributed by atoms with Gasteiger partial charge in [-0.15, -0.1) is 0 Å². The van der Waals surface area contributed by atoms with Crippen molar-refractivity contribution in [2.24, 2.45) is 0 Å². The highest BCUT2D eigenvalue weighted by Gasteiger charge is 2.10. The minimum absolute atomic E-state index is 0.187. The minimum Gasteiger partial charge on any atom is -0.490 e.